The summed E-state index contributed by atoms with van der Waals surface area (Å²) in [5.41, 5.74) is 26.2. The van der Waals surface area contributed by atoms with Gasteiger partial charge in [-0.3, -0.25) is 9.59 Å². The van der Waals surface area contributed by atoms with E-state index >= 15 is 0 Å². The molecule has 88 heavy (non-hydrogen) atoms. The highest BCUT2D eigenvalue weighted by atomic mass is 16.1. The highest BCUT2D eigenvalue weighted by Gasteiger charge is 2.56. The summed E-state index contributed by atoms with van der Waals surface area (Å²) in [6.07, 6.45) is 26.9. The fraction of sp³-hybridized carbons (Fsp3) is 0.488. The maximum atomic E-state index is 11.7. The van der Waals surface area contributed by atoms with Gasteiger partial charge in [-0.25, -0.2) is 0 Å². The largest absolute Gasteiger partial charge is 0.299 e. The second-order valence-corrected chi connectivity index (χ2v) is 29.5. The number of aryl methyl sites for hydroxylation is 12. The highest BCUT2D eigenvalue weighted by molar-refractivity contribution is 5.97. The normalized spacial score (nSPS) is 31.2. The Balaban J connectivity index is 0.0000000974. The number of benzene rings is 6. The molecule has 0 bridgehead atoms. The molecule has 0 aromatic heterocycles. The summed E-state index contributed by atoms with van der Waals surface area (Å²) in [5, 5.41) is 36.6. The molecule has 6 spiro atoms. The van der Waals surface area contributed by atoms with Crippen molar-refractivity contribution < 1.29 is 9.59 Å². The maximum Gasteiger partial charge on any atom is 0.143 e. The lowest BCUT2D eigenvalue weighted by Gasteiger charge is -2.44. The molecule has 0 amide bonds. The molecule has 6 aromatic rings. The lowest BCUT2D eigenvalue weighted by Crippen LogP contribution is -2.43. The van der Waals surface area contributed by atoms with Crippen molar-refractivity contribution in [1.82, 2.24) is 0 Å². The zero-order chi connectivity index (χ0) is 61.4. The van der Waals surface area contributed by atoms with E-state index in [9.17, 15) is 9.59 Å². The van der Waals surface area contributed by atoms with E-state index in [4.69, 9.17) is 21.0 Å². The summed E-state index contributed by atoms with van der Waals surface area (Å²) in [6.45, 7) is 12.8. The van der Waals surface area contributed by atoms with Gasteiger partial charge >= 0.3 is 0 Å². The van der Waals surface area contributed by atoms with Gasteiger partial charge in [0.15, 0.2) is 0 Å². The van der Waals surface area contributed by atoms with Crippen LogP contribution in [0.15, 0.2) is 109 Å². The molecule has 0 radical (unpaired) electrons. The average molecular weight is 1160 g/mol. The van der Waals surface area contributed by atoms with Gasteiger partial charge in [-0.05, 0) is 250 Å². The van der Waals surface area contributed by atoms with Crippen molar-refractivity contribution in [3.63, 3.8) is 0 Å². The number of nitrogens with zero attached hydrogens (tertiary/aromatic N) is 4. The van der Waals surface area contributed by atoms with Crippen LogP contribution in [0, 0.1) is 111 Å². The molecule has 6 aromatic carbocycles. The molecular formula is C82H88N4O2. The van der Waals surface area contributed by atoms with Crippen LogP contribution in [-0.4, -0.2) is 11.6 Å². The van der Waals surface area contributed by atoms with Crippen molar-refractivity contribution in [2.45, 2.75) is 228 Å². The molecule has 0 unspecified atom stereocenters. The minimum Gasteiger partial charge on any atom is -0.299 e. The zero-order valence-electron chi connectivity index (χ0n) is 53.3. The van der Waals surface area contributed by atoms with Crippen molar-refractivity contribution in [3.05, 3.63) is 209 Å². The zero-order valence-corrected chi connectivity index (χ0v) is 53.3. The van der Waals surface area contributed by atoms with Crippen LogP contribution in [0.4, 0.5) is 0 Å². The number of nitriles is 4. The van der Waals surface area contributed by atoms with E-state index in [2.05, 4.69) is 175 Å². The summed E-state index contributed by atoms with van der Waals surface area (Å²) in [7, 11) is 0. The highest BCUT2D eigenvalue weighted by Crippen LogP contribution is 2.60. The molecule has 0 saturated heterocycles. The first-order valence-corrected chi connectivity index (χ1v) is 33.7. The van der Waals surface area contributed by atoms with E-state index in [0.717, 1.165) is 77.0 Å². The summed E-state index contributed by atoms with van der Waals surface area (Å²) in [5.74, 6) is 2.06. The van der Waals surface area contributed by atoms with Crippen LogP contribution in [-0.2, 0) is 80.6 Å². The monoisotopic (exact) mass is 1160 g/mol. The van der Waals surface area contributed by atoms with E-state index < -0.39 is 0 Å². The Labute approximate surface area is 524 Å². The minimum absolute atomic E-state index is 0.0403. The Kier molecular flexibility index (Phi) is 15.5. The molecule has 448 valence electrons. The van der Waals surface area contributed by atoms with Crippen molar-refractivity contribution >= 4 is 11.6 Å². The van der Waals surface area contributed by atoms with Crippen molar-refractivity contribution in [2.24, 2.45) is 23.7 Å². The van der Waals surface area contributed by atoms with Gasteiger partial charge in [0.05, 0.1) is 58.8 Å². The number of hydrogen-bond acceptors (Lipinski definition) is 6. The third-order valence-corrected chi connectivity index (χ3v) is 25.2. The first-order valence-electron chi connectivity index (χ1n) is 33.7. The topological polar surface area (TPSA) is 129 Å². The average Bonchev–Trinajstić information content (AvgIpc) is 1.64. The predicted molar refractivity (Wildman–Crippen MR) is 349 cm³/mol. The minimum atomic E-state index is -0.0403. The van der Waals surface area contributed by atoms with Crippen LogP contribution in [0.2, 0.25) is 0 Å². The third kappa shape index (κ3) is 9.56. The van der Waals surface area contributed by atoms with Crippen LogP contribution in [0.3, 0.4) is 0 Å². The van der Waals surface area contributed by atoms with Gasteiger partial charge in [-0.2, -0.15) is 21.0 Å². The van der Waals surface area contributed by atoms with E-state index in [1.807, 2.05) is 0 Å². The van der Waals surface area contributed by atoms with E-state index in [1.165, 1.54) is 177 Å². The van der Waals surface area contributed by atoms with Gasteiger partial charge in [-0.15, -0.1) is 0 Å². The second-order valence-electron chi connectivity index (χ2n) is 29.5. The molecule has 6 fully saturated rings. The summed E-state index contributed by atoms with van der Waals surface area (Å²) in [6, 6.07) is 50.2. The van der Waals surface area contributed by atoms with Crippen molar-refractivity contribution in [3.8, 4) is 24.3 Å². The van der Waals surface area contributed by atoms with Crippen molar-refractivity contribution in [1.29, 1.82) is 21.0 Å². The van der Waals surface area contributed by atoms with Gasteiger partial charge in [-0.1, -0.05) is 143 Å². The Bertz CT molecular complexity index is 3560. The Morgan fingerprint density at radius 1 is 0.284 bits per heavy atom. The van der Waals surface area contributed by atoms with Crippen LogP contribution < -0.4 is 0 Å². The lowest BCUT2D eigenvalue weighted by molar-refractivity contribution is -0.132. The number of carbonyl (C=O) groups excluding carboxylic acids is 2. The van der Waals surface area contributed by atoms with E-state index in [-0.39, 0.29) is 56.2 Å². The number of ketones is 2. The number of Topliss-reactive ketones (excluding diaryl/α,β-unsaturated/α-hetero) is 2. The first-order chi connectivity index (χ1) is 42.5. The van der Waals surface area contributed by atoms with Crippen LogP contribution in [0.1, 0.15) is 216 Å². The fourth-order valence-corrected chi connectivity index (χ4v) is 19.1. The van der Waals surface area contributed by atoms with Gasteiger partial charge in [0.25, 0.3) is 0 Å². The van der Waals surface area contributed by atoms with Crippen molar-refractivity contribution in [2.75, 3.05) is 0 Å². The molecule has 18 rings (SSSR count). The summed E-state index contributed by atoms with van der Waals surface area (Å²) >= 11 is 0. The predicted octanol–water partition coefficient (Wildman–Crippen LogP) is 17.5. The first kappa shape index (κ1) is 59.6. The molecule has 6 nitrogen and oxygen atoms in total. The van der Waals surface area contributed by atoms with Crippen LogP contribution in [0.25, 0.3) is 0 Å². The number of rotatable bonds is 0. The second kappa shape index (κ2) is 22.9. The molecular weight excluding hydrogens is 1070 g/mol. The standard InChI is InChI=1S/4C14H15N.2C13H14O/c4*1-10-2-3-11-4-6-14(13(11)8-10)7-5-12(14)9-15;2*1-9-2-3-10-4-6-13(11(10)8-9)7-5-12(13)14/h4*2-3,8,12H,4-7H2,1H3;2*2-3,8H,4-7H2,1H3/t2*12-,14+;2*12-,14-;2*13-/m101010/s1. The number of carbonyl (C=O) groups is 2. The molecule has 10 atom stereocenters. The van der Waals surface area contributed by atoms with Gasteiger partial charge in [0.2, 0.25) is 0 Å². The molecule has 12 aliphatic rings. The van der Waals surface area contributed by atoms with Gasteiger partial charge < -0.3 is 0 Å². The summed E-state index contributed by atoms with van der Waals surface area (Å²) < 4.78 is 0. The van der Waals surface area contributed by atoms with Gasteiger partial charge in [0, 0.05) is 34.5 Å². The maximum absolute atomic E-state index is 11.7. The molecule has 6 saturated carbocycles. The molecule has 6 heteroatoms. The fourth-order valence-electron chi connectivity index (χ4n) is 19.1. The Morgan fingerprint density at radius 3 is 0.670 bits per heavy atom. The van der Waals surface area contributed by atoms with E-state index in [1.54, 1.807) is 0 Å². The molecule has 12 aliphatic carbocycles. The van der Waals surface area contributed by atoms with Crippen LogP contribution in [0.5, 0.6) is 0 Å². The van der Waals surface area contributed by atoms with Gasteiger partial charge in [0.1, 0.15) is 11.6 Å². The Hall–Kier alpha value is -7.38. The number of fused-ring (bicyclic) bond motifs is 12. The quantitative estimate of drug-likeness (QED) is 0.149. The SMILES string of the molecule is Cc1ccc2c(c1)[C@@]1(CC2)CC[C@@H]1C#N.Cc1ccc2c(c1)[C@@]1(CC2)CC[C@H]1C#N.Cc1ccc2c(c1)[C@@]1(CCC1=O)CC2.Cc1ccc2c(c1)[C@]1(CC2)CC[C@@H]1C#N.Cc1ccc2c(c1)[C@]1(CC2)CC[C@H]1C#N.Cc1ccc2c(c1)[C@]1(CCC1=O)CC2. The van der Waals surface area contributed by atoms with E-state index in [0.29, 0.717) is 11.6 Å². The van der Waals surface area contributed by atoms with Crippen LogP contribution >= 0.6 is 0 Å². The Morgan fingerprint density at radius 2 is 0.489 bits per heavy atom. The third-order valence-electron chi connectivity index (χ3n) is 25.2. The smallest absolute Gasteiger partial charge is 0.143 e. The lowest BCUT2D eigenvalue weighted by atomic mass is 9.57. The number of hydrogen-bond donors (Lipinski definition) is 0. The molecule has 0 N–H and O–H groups in total. The molecule has 0 heterocycles. The molecule has 0 aliphatic heterocycles. The summed E-state index contributed by atoms with van der Waals surface area (Å²) in [4.78, 5) is 23.5.